The van der Waals surface area contributed by atoms with E-state index in [9.17, 15) is 4.79 Å². The molecule has 0 saturated carbocycles. The first-order chi connectivity index (χ1) is 11.0. The fourth-order valence-electron chi connectivity index (χ4n) is 3.02. The predicted octanol–water partition coefficient (Wildman–Crippen LogP) is 2.36. The van der Waals surface area contributed by atoms with Gasteiger partial charge in [0.25, 0.3) is 0 Å². The second-order valence-corrected chi connectivity index (χ2v) is 6.28. The second-order valence-electron chi connectivity index (χ2n) is 6.28. The Morgan fingerprint density at radius 2 is 2.00 bits per heavy atom. The summed E-state index contributed by atoms with van der Waals surface area (Å²) >= 11 is 0. The number of rotatable bonds is 7. The van der Waals surface area contributed by atoms with Crippen LogP contribution >= 0.6 is 0 Å². The van der Waals surface area contributed by atoms with Gasteiger partial charge in [-0.15, -0.1) is 0 Å². The number of amides is 1. The number of hydrogen-bond donors (Lipinski definition) is 1. The summed E-state index contributed by atoms with van der Waals surface area (Å²) in [6.45, 7) is 4.75. The lowest BCUT2D eigenvalue weighted by Gasteiger charge is -2.20. The van der Waals surface area contributed by atoms with Crippen LogP contribution in [0.15, 0.2) is 12.1 Å². The van der Waals surface area contributed by atoms with Crippen molar-refractivity contribution < 1.29 is 14.3 Å². The molecule has 1 fully saturated rings. The lowest BCUT2D eigenvalue weighted by molar-refractivity contribution is -0.130. The third kappa shape index (κ3) is 4.61. The molecule has 1 N–H and O–H groups in total. The number of carbonyl (C=O) groups excluding carboxylic acids is 1. The zero-order chi connectivity index (χ0) is 16.8. The molecule has 0 radical (unpaired) electrons. The Kier molecular flexibility index (Phi) is 6.28. The van der Waals surface area contributed by atoms with Crippen LogP contribution in [-0.4, -0.2) is 45.2 Å². The van der Waals surface area contributed by atoms with Gasteiger partial charge in [-0.2, -0.15) is 0 Å². The van der Waals surface area contributed by atoms with E-state index in [1.165, 1.54) is 6.42 Å². The third-order valence-corrected chi connectivity index (χ3v) is 4.60. The molecule has 1 amide bonds. The van der Waals surface area contributed by atoms with Crippen LogP contribution < -0.4 is 14.8 Å². The van der Waals surface area contributed by atoms with E-state index in [0.29, 0.717) is 24.6 Å². The second kappa shape index (κ2) is 8.20. The molecule has 2 rings (SSSR count). The molecule has 0 aromatic heterocycles. The number of nitrogens with zero attached hydrogens (tertiary/aromatic N) is 1. The first-order valence-electron chi connectivity index (χ1n) is 8.21. The van der Waals surface area contributed by atoms with E-state index in [1.807, 2.05) is 26.1 Å². The van der Waals surface area contributed by atoms with Crippen molar-refractivity contribution in [3.63, 3.8) is 0 Å². The molecule has 5 heteroatoms. The molecule has 1 heterocycles. The molecule has 128 valence electrons. The zero-order valence-electron chi connectivity index (χ0n) is 14.6. The van der Waals surface area contributed by atoms with Gasteiger partial charge in [-0.3, -0.25) is 4.79 Å². The van der Waals surface area contributed by atoms with Crippen molar-refractivity contribution in [2.45, 2.75) is 32.7 Å². The summed E-state index contributed by atoms with van der Waals surface area (Å²) < 4.78 is 10.7. The largest absolute Gasteiger partial charge is 0.493 e. The summed E-state index contributed by atoms with van der Waals surface area (Å²) in [7, 11) is 5.12. The summed E-state index contributed by atoms with van der Waals surface area (Å²) in [6.07, 6.45) is 2.78. The van der Waals surface area contributed by atoms with Gasteiger partial charge in [0.15, 0.2) is 11.5 Å². The Morgan fingerprint density at radius 1 is 1.30 bits per heavy atom. The maximum Gasteiger partial charge on any atom is 0.222 e. The van der Waals surface area contributed by atoms with Gasteiger partial charge < -0.3 is 19.7 Å². The number of ether oxygens (including phenoxy) is 2. The summed E-state index contributed by atoms with van der Waals surface area (Å²) in [6, 6.07) is 3.91. The van der Waals surface area contributed by atoms with Crippen molar-refractivity contribution in [1.82, 2.24) is 10.2 Å². The molecule has 1 saturated heterocycles. The molecule has 5 nitrogen and oxygen atoms in total. The minimum atomic E-state index is 0.200. The summed E-state index contributed by atoms with van der Waals surface area (Å²) in [5.41, 5.74) is 2.18. The van der Waals surface area contributed by atoms with Gasteiger partial charge in [-0.05, 0) is 62.0 Å². The third-order valence-electron chi connectivity index (χ3n) is 4.60. The predicted molar refractivity (Wildman–Crippen MR) is 91.0 cm³/mol. The highest BCUT2D eigenvalue weighted by atomic mass is 16.5. The molecule has 1 unspecified atom stereocenters. The van der Waals surface area contributed by atoms with E-state index in [0.717, 1.165) is 36.4 Å². The quantitative estimate of drug-likeness (QED) is 0.838. The van der Waals surface area contributed by atoms with Gasteiger partial charge in [0.2, 0.25) is 5.91 Å². The normalized spacial score (nSPS) is 17.1. The number of aryl methyl sites for hydroxylation is 1. The summed E-state index contributed by atoms with van der Waals surface area (Å²) in [5.74, 6) is 2.27. The van der Waals surface area contributed by atoms with Gasteiger partial charge >= 0.3 is 0 Å². The molecule has 1 aromatic rings. The lowest BCUT2D eigenvalue weighted by Crippen LogP contribution is -2.27. The van der Waals surface area contributed by atoms with Crippen molar-refractivity contribution in [3.8, 4) is 11.5 Å². The fraction of sp³-hybridized carbons (Fsp3) is 0.611. The maximum absolute atomic E-state index is 12.3. The van der Waals surface area contributed by atoms with Crippen molar-refractivity contribution in [2.75, 3.05) is 34.4 Å². The van der Waals surface area contributed by atoms with E-state index in [2.05, 4.69) is 5.32 Å². The number of carbonyl (C=O) groups is 1. The van der Waals surface area contributed by atoms with Crippen LogP contribution in [0.25, 0.3) is 0 Å². The molecular weight excluding hydrogens is 292 g/mol. The van der Waals surface area contributed by atoms with E-state index < -0.39 is 0 Å². The molecule has 1 aliphatic heterocycles. The molecule has 0 aliphatic carbocycles. The number of nitrogens with one attached hydrogen (secondary N) is 1. The van der Waals surface area contributed by atoms with Gasteiger partial charge in [-0.1, -0.05) is 0 Å². The van der Waals surface area contributed by atoms with Gasteiger partial charge in [0.05, 0.1) is 14.2 Å². The van der Waals surface area contributed by atoms with E-state index in [-0.39, 0.29) is 5.91 Å². The molecule has 1 aliphatic rings. The Balaban J connectivity index is 1.95. The average molecular weight is 320 g/mol. The Hall–Kier alpha value is -1.75. The topological polar surface area (TPSA) is 50.8 Å². The van der Waals surface area contributed by atoms with Crippen LogP contribution in [0, 0.1) is 12.8 Å². The Morgan fingerprint density at radius 3 is 2.61 bits per heavy atom. The highest BCUT2D eigenvalue weighted by Gasteiger charge is 2.18. The van der Waals surface area contributed by atoms with Crippen LogP contribution in [0.5, 0.6) is 11.5 Å². The SMILES string of the molecule is COc1cc(C)c(CN(C)C(=O)CCC2CCNC2)cc1OC. The molecule has 0 bridgehead atoms. The summed E-state index contributed by atoms with van der Waals surface area (Å²) in [5, 5.41) is 3.35. The highest BCUT2D eigenvalue weighted by molar-refractivity contribution is 5.76. The minimum Gasteiger partial charge on any atom is -0.493 e. The molecule has 1 atom stereocenters. The first-order valence-corrected chi connectivity index (χ1v) is 8.21. The maximum atomic E-state index is 12.3. The minimum absolute atomic E-state index is 0.200. The molecule has 1 aromatic carbocycles. The van der Waals surface area contributed by atoms with Crippen molar-refractivity contribution in [2.24, 2.45) is 5.92 Å². The fourth-order valence-corrected chi connectivity index (χ4v) is 3.02. The van der Waals surface area contributed by atoms with Crippen LogP contribution in [0.2, 0.25) is 0 Å². The van der Waals surface area contributed by atoms with Gasteiger partial charge in [0.1, 0.15) is 0 Å². The zero-order valence-corrected chi connectivity index (χ0v) is 14.6. The van der Waals surface area contributed by atoms with Crippen LogP contribution in [-0.2, 0) is 11.3 Å². The average Bonchev–Trinajstić information content (AvgIpc) is 3.07. The number of methoxy groups -OCH3 is 2. The summed E-state index contributed by atoms with van der Waals surface area (Å²) in [4.78, 5) is 14.1. The first kappa shape index (κ1) is 17.6. The van der Waals surface area contributed by atoms with Crippen LogP contribution in [0.1, 0.15) is 30.4 Å². The van der Waals surface area contributed by atoms with E-state index in [1.54, 1.807) is 19.1 Å². The number of hydrogen-bond acceptors (Lipinski definition) is 4. The van der Waals surface area contributed by atoms with Crippen molar-refractivity contribution >= 4 is 5.91 Å². The van der Waals surface area contributed by atoms with E-state index in [4.69, 9.17) is 9.47 Å². The molecule has 0 spiro atoms. The standard InChI is InChI=1S/C18H28N2O3/c1-13-9-16(22-3)17(23-4)10-15(13)12-20(2)18(21)6-5-14-7-8-19-11-14/h9-10,14,19H,5-8,11-12H2,1-4H3. The highest BCUT2D eigenvalue weighted by Crippen LogP contribution is 2.30. The smallest absolute Gasteiger partial charge is 0.222 e. The Bertz CT molecular complexity index is 539. The van der Waals surface area contributed by atoms with E-state index >= 15 is 0 Å². The van der Waals surface area contributed by atoms with Crippen molar-refractivity contribution in [1.29, 1.82) is 0 Å². The lowest BCUT2D eigenvalue weighted by atomic mass is 10.0. The van der Waals surface area contributed by atoms with Crippen molar-refractivity contribution in [3.05, 3.63) is 23.3 Å². The van der Waals surface area contributed by atoms with Gasteiger partial charge in [-0.25, -0.2) is 0 Å². The van der Waals surface area contributed by atoms with Crippen LogP contribution in [0.4, 0.5) is 0 Å². The monoisotopic (exact) mass is 320 g/mol. The molecular formula is C18H28N2O3. The Labute approximate surface area is 139 Å². The number of benzene rings is 1. The van der Waals surface area contributed by atoms with Gasteiger partial charge in [0, 0.05) is 20.0 Å². The molecule has 23 heavy (non-hydrogen) atoms. The van der Waals surface area contributed by atoms with Crippen LogP contribution in [0.3, 0.4) is 0 Å².